The zero-order valence-corrected chi connectivity index (χ0v) is 5.85. The normalized spacial score (nSPS) is 25.1. The Hall–Kier alpha value is -0.530. The third kappa shape index (κ3) is 1.07. The molecule has 52 valence electrons. The van der Waals surface area contributed by atoms with Crippen LogP contribution in [0.2, 0.25) is 0 Å². The van der Waals surface area contributed by atoms with Gasteiger partial charge in [0.1, 0.15) is 0 Å². The molecule has 1 rings (SSSR count). The summed E-state index contributed by atoms with van der Waals surface area (Å²) in [6, 6.07) is 0. The van der Waals surface area contributed by atoms with Crippen molar-refractivity contribution in [1.29, 1.82) is 0 Å². The Labute approximate surface area is 54.9 Å². The summed E-state index contributed by atoms with van der Waals surface area (Å²) in [5.41, 5.74) is 0.131. The maximum absolute atomic E-state index is 10.4. The van der Waals surface area contributed by atoms with E-state index >= 15 is 0 Å². The molecule has 0 spiro atoms. The Bertz CT molecular complexity index is 136. The predicted octanol–water partition coefficient (Wildman–Crippen LogP) is 1.51. The number of carbonyl (C=O) groups is 1. The fourth-order valence-corrected chi connectivity index (χ4v) is 0.928. The number of hydrogen-bond donors (Lipinski definition) is 1. The second-order valence-corrected chi connectivity index (χ2v) is 3.21. The van der Waals surface area contributed by atoms with Crippen LogP contribution in [-0.4, -0.2) is 11.1 Å². The molecule has 1 aliphatic rings. The minimum absolute atomic E-state index is 0.131. The smallest absolute Gasteiger partial charge is 0.306 e. The molecule has 0 radical (unpaired) electrons. The predicted molar refractivity (Wildman–Crippen MR) is 34.1 cm³/mol. The first-order valence-corrected chi connectivity index (χ1v) is 3.29. The highest BCUT2D eigenvalue weighted by atomic mass is 16.4. The molecule has 0 aliphatic heterocycles. The van der Waals surface area contributed by atoms with Crippen LogP contribution in [0, 0.1) is 11.3 Å². The summed E-state index contributed by atoms with van der Waals surface area (Å²) in [6.07, 6.45) is 2.17. The van der Waals surface area contributed by atoms with Crippen LogP contribution in [0.3, 0.4) is 0 Å². The van der Waals surface area contributed by atoms with Crippen molar-refractivity contribution in [2.24, 2.45) is 11.3 Å². The lowest BCUT2D eigenvalue weighted by Crippen LogP contribution is -2.18. The zero-order chi connectivity index (χ0) is 7.07. The van der Waals surface area contributed by atoms with Crippen molar-refractivity contribution in [3.05, 3.63) is 0 Å². The maximum Gasteiger partial charge on any atom is 0.306 e. The van der Waals surface area contributed by atoms with E-state index in [1.165, 1.54) is 0 Å². The van der Waals surface area contributed by atoms with E-state index in [1.54, 1.807) is 6.92 Å². The summed E-state index contributed by atoms with van der Waals surface area (Å²) in [5, 5.41) is 8.56. The number of rotatable bonds is 2. The topological polar surface area (TPSA) is 37.3 Å². The average molecular weight is 128 g/mol. The van der Waals surface area contributed by atoms with E-state index in [-0.39, 0.29) is 11.3 Å². The first kappa shape index (κ1) is 6.59. The van der Waals surface area contributed by atoms with Crippen molar-refractivity contribution in [2.45, 2.75) is 26.7 Å². The highest BCUT2D eigenvalue weighted by Crippen LogP contribution is 2.51. The van der Waals surface area contributed by atoms with E-state index in [0.29, 0.717) is 0 Å². The SMILES string of the molecule is C[C@@H](C(=O)O)C1(C)CC1. The number of aliphatic carboxylic acids is 1. The minimum Gasteiger partial charge on any atom is -0.481 e. The number of hydrogen-bond acceptors (Lipinski definition) is 1. The van der Waals surface area contributed by atoms with Crippen LogP contribution in [0.5, 0.6) is 0 Å². The van der Waals surface area contributed by atoms with Crippen molar-refractivity contribution >= 4 is 5.97 Å². The highest BCUT2D eigenvalue weighted by molar-refractivity contribution is 5.71. The summed E-state index contributed by atoms with van der Waals surface area (Å²) in [7, 11) is 0. The maximum atomic E-state index is 10.4. The van der Waals surface area contributed by atoms with E-state index in [1.807, 2.05) is 6.92 Å². The molecule has 0 unspecified atom stereocenters. The second kappa shape index (κ2) is 1.72. The first-order valence-electron chi connectivity index (χ1n) is 3.29. The Balaban J connectivity index is 2.52. The van der Waals surface area contributed by atoms with Gasteiger partial charge in [-0.2, -0.15) is 0 Å². The van der Waals surface area contributed by atoms with E-state index in [9.17, 15) is 4.79 Å². The Kier molecular flexibility index (Phi) is 1.26. The van der Waals surface area contributed by atoms with Gasteiger partial charge in [-0.1, -0.05) is 13.8 Å². The van der Waals surface area contributed by atoms with Crippen LogP contribution in [0.15, 0.2) is 0 Å². The molecule has 1 atom stereocenters. The van der Waals surface area contributed by atoms with Gasteiger partial charge in [0.05, 0.1) is 5.92 Å². The third-order valence-electron chi connectivity index (χ3n) is 2.45. The summed E-state index contributed by atoms with van der Waals surface area (Å²) in [6.45, 7) is 3.82. The zero-order valence-electron chi connectivity index (χ0n) is 5.85. The van der Waals surface area contributed by atoms with Gasteiger partial charge in [0.25, 0.3) is 0 Å². The Morgan fingerprint density at radius 1 is 1.67 bits per heavy atom. The van der Waals surface area contributed by atoms with Crippen LogP contribution in [0.1, 0.15) is 26.7 Å². The van der Waals surface area contributed by atoms with Gasteiger partial charge in [-0.3, -0.25) is 4.79 Å². The van der Waals surface area contributed by atoms with Crippen molar-refractivity contribution in [1.82, 2.24) is 0 Å². The fraction of sp³-hybridized carbons (Fsp3) is 0.857. The van der Waals surface area contributed by atoms with Crippen molar-refractivity contribution < 1.29 is 9.90 Å². The van der Waals surface area contributed by atoms with Crippen LogP contribution < -0.4 is 0 Å². The molecule has 2 nitrogen and oxygen atoms in total. The molecule has 1 N–H and O–H groups in total. The van der Waals surface area contributed by atoms with Gasteiger partial charge in [0.2, 0.25) is 0 Å². The van der Waals surface area contributed by atoms with Gasteiger partial charge in [-0.25, -0.2) is 0 Å². The lowest BCUT2D eigenvalue weighted by molar-refractivity contribution is -0.143. The molecule has 0 aromatic heterocycles. The van der Waals surface area contributed by atoms with Crippen molar-refractivity contribution in [3.63, 3.8) is 0 Å². The first-order chi connectivity index (χ1) is 4.06. The van der Waals surface area contributed by atoms with Gasteiger partial charge in [-0.15, -0.1) is 0 Å². The molecule has 2 heteroatoms. The molecule has 0 bridgehead atoms. The summed E-state index contributed by atoms with van der Waals surface area (Å²) in [5.74, 6) is -0.813. The fourth-order valence-electron chi connectivity index (χ4n) is 0.928. The molecule has 0 amide bonds. The van der Waals surface area contributed by atoms with Gasteiger partial charge in [-0.05, 0) is 18.3 Å². The Morgan fingerprint density at radius 3 is 2.22 bits per heavy atom. The molecule has 1 aliphatic carbocycles. The molecular weight excluding hydrogens is 116 g/mol. The van der Waals surface area contributed by atoms with E-state index in [2.05, 4.69) is 0 Å². The second-order valence-electron chi connectivity index (χ2n) is 3.21. The molecule has 0 saturated heterocycles. The highest BCUT2D eigenvalue weighted by Gasteiger charge is 2.45. The van der Waals surface area contributed by atoms with Gasteiger partial charge >= 0.3 is 5.97 Å². The van der Waals surface area contributed by atoms with Gasteiger partial charge in [0.15, 0.2) is 0 Å². The standard InChI is InChI=1S/C7H12O2/c1-5(6(8)9)7(2)3-4-7/h5H,3-4H2,1-2H3,(H,8,9)/t5-/m0/s1. The molecule has 9 heavy (non-hydrogen) atoms. The number of carboxylic acid groups (broad SMARTS) is 1. The Morgan fingerprint density at radius 2 is 2.11 bits per heavy atom. The quantitative estimate of drug-likeness (QED) is 0.612. The molecule has 0 aromatic rings. The van der Waals surface area contributed by atoms with E-state index < -0.39 is 5.97 Å². The van der Waals surface area contributed by atoms with Crippen LogP contribution in [-0.2, 0) is 4.79 Å². The molecule has 1 fully saturated rings. The lowest BCUT2D eigenvalue weighted by atomic mass is 9.93. The summed E-state index contributed by atoms with van der Waals surface area (Å²) in [4.78, 5) is 10.4. The lowest BCUT2D eigenvalue weighted by Gasteiger charge is -2.11. The summed E-state index contributed by atoms with van der Waals surface area (Å²) >= 11 is 0. The third-order valence-corrected chi connectivity index (χ3v) is 2.45. The van der Waals surface area contributed by atoms with Crippen molar-refractivity contribution in [3.8, 4) is 0 Å². The minimum atomic E-state index is -0.657. The van der Waals surface area contributed by atoms with Gasteiger partial charge in [0, 0.05) is 0 Å². The number of carboxylic acids is 1. The van der Waals surface area contributed by atoms with Crippen molar-refractivity contribution in [2.75, 3.05) is 0 Å². The van der Waals surface area contributed by atoms with Crippen LogP contribution >= 0.6 is 0 Å². The summed E-state index contributed by atoms with van der Waals surface area (Å²) < 4.78 is 0. The average Bonchev–Trinajstić information content (AvgIpc) is 2.47. The molecular formula is C7H12O2. The van der Waals surface area contributed by atoms with Crippen LogP contribution in [0.4, 0.5) is 0 Å². The molecule has 0 aromatic carbocycles. The van der Waals surface area contributed by atoms with E-state index in [4.69, 9.17) is 5.11 Å². The monoisotopic (exact) mass is 128 g/mol. The van der Waals surface area contributed by atoms with Gasteiger partial charge < -0.3 is 5.11 Å². The van der Waals surface area contributed by atoms with Crippen LogP contribution in [0.25, 0.3) is 0 Å². The van der Waals surface area contributed by atoms with E-state index in [0.717, 1.165) is 12.8 Å². The molecule has 0 heterocycles. The molecule has 1 saturated carbocycles. The largest absolute Gasteiger partial charge is 0.481 e.